The van der Waals surface area contributed by atoms with Crippen molar-refractivity contribution in [2.75, 3.05) is 0 Å². The van der Waals surface area contributed by atoms with Gasteiger partial charge >= 0.3 is 0 Å². The Kier molecular flexibility index (Phi) is 4.27. The van der Waals surface area contributed by atoms with E-state index in [1.807, 2.05) is 31.2 Å². The Bertz CT molecular complexity index is 809. The smallest absolute Gasteiger partial charge is 0.266 e. The van der Waals surface area contributed by atoms with Gasteiger partial charge in [-0.1, -0.05) is 12.1 Å². The van der Waals surface area contributed by atoms with E-state index in [1.165, 1.54) is 11.9 Å². The standard InChI is InChI=1S/C15H13N5OS/c1-10-15(18-13-5-3-2-4-12(13)17-10)22-20-19-14(21)11-6-8-16-9-7-11/h2-9,20H,1H3,(H,19,21). The highest BCUT2D eigenvalue weighted by Crippen LogP contribution is 2.18. The molecule has 0 fully saturated rings. The lowest BCUT2D eigenvalue weighted by Gasteiger charge is -2.08. The monoisotopic (exact) mass is 311 g/mol. The Morgan fingerprint density at radius 2 is 1.73 bits per heavy atom. The molecule has 2 aromatic heterocycles. The number of aryl methyl sites for hydroxylation is 1. The van der Waals surface area contributed by atoms with Crippen LogP contribution in [0.5, 0.6) is 0 Å². The van der Waals surface area contributed by atoms with Crippen LogP contribution in [-0.2, 0) is 0 Å². The molecule has 0 radical (unpaired) electrons. The van der Waals surface area contributed by atoms with Gasteiger partial charge in [-0.3, -0.25) is 15.2 Å². The summed E-state index contributed by atoms with van der Waals surface area (Å²) in [4.78, 5) is 27.6. The summed E-state index contributed by atoms with van der Waals surface area (Å²) >= 11 is 1.21. The second-order valence-electron chi connectivity index (χ2n) is 4.50. The second kappa shape index (κ2) is 6.50. The van der Waals surface area contributed by atoms with E-state index in [0.717, 1.165) is 16.7 Å². The number of hydrogen-bond donors (Lipinski definition) is 2. The fourth-order valence-corrected chi connectivity index (χ4v) is 2.44. The van der Waals surface area contributed by atoms with Crippen LogP contribution in [0.25, 0.3) is 11.0 Å². The number of amides is 1. The van der Waals surface area contributed by atoms with Crippen LogP contribution in [-0.4, -0.2) is 20.9 Å². The maximum absolute atomic E-state index is 11.9. The molecule has 0 unspecified atom stereocenters. The molecule has 0 bridgehead atoms. The molecule has 0 aliphatic rings. The lowest BCUT2D eigenvalue weighted by Crippen LogP contribution is -2.32. The molecule has 22 heavy (non-hydrogen) atoms. The molecule has 0 saturated carbocycles. The summed E-state index contributed by atoms with van der Waals surface area (Å²) in [7, 11) is 0. The summed E-state index contributed by atoms with van der Waals surface area (Å²) in [6.07, 6.45) is 3.14. The van der Waals surface area contributed by atoms with Gasteiger partial charge in [-0.15, -0.1) is 0 Å². The quantitative estimate of drug-likeness (QED) is 0.568. The first-order valence-corrected chi connectivity index (χ1v) is 7.41. The Hall–Kier alpha value is -2.51. The fourth-order valence-electron chi connectivity index (χ4n) is 1.86. The molecule has 6 nitrogen and oxygen atoms in total. The lowest BCUT2D eigenvalue weighted by atomic mass is 10.3. The van der Waals surface area contributed by atoms with E-state index in [-0.39, 0.29) is 5.91 Å². The van der Waals surface area contributed by atoms with Gasteiger partial charge in [0.1, 0.15) is 5.03 Å². The van der Waals surface area contributed by atoms with Crippen molar-refractivity contribution in [3.05, 3.63) is 60.0 Å². The first-order chi connectivity index (χ1) is 10.7. The molecule has 7 heteroatoms. The zero-order valence-corrected chi connectivity index (χ0v) is 12.6. The number of carbonyl (C=O) groups excluding carboxylic acids is 1. The number of para-hydroxylation sites is 2. The van der Waals surface area contributed by atoms with Gasteiger partial charge < -0.3 is 0 Å². The van der Waals surface area contributed by atoms with Crippen LogP contribution in [0.3, 0.4) is 0 Å². The molecule has 1 aromatic carbocycles. The number of aromatic nitrogens is 3. The molecule has 0 atom stereocenters. The number of hydrazine groups is 1. The highest BCUT2D eigenvalue weighted by atomic mass is 32.2. The van der Waals surface area contributed by atoms with Crippen LogP contribution in [0.15, 0.2) is 53.8 Å². The van der Waals surface area contributed by atoms with Gasteiger partial charge in [0.05, 0.1) is 16.7 Å². The van der Waals surface area contributed by atoms with Crippen molar-refractivity contribution in [3.8, 4) is 0 Å². The van der Waals surface area contributed by atoms with Crippen molar-refractivity contribution in [2.45, 2.75) is 11.9 Å². The maximum atomic E-state index is 11.9. The van der Waals surface area contributed by atoms with E-state index in [4.69, 9.17) is 0 Å². The number of hydrogen-bond acceptors (Lipinski definition) is 6. The predicted octanol–water partition coefficient (Wildman–Crippen LogP) is 2.27. The molecule has 2 heterocycles. The minimum Gasteiger partial charge on any atom is -0.277 e. The van der Waals surface area contributed by atoms with E-state index >= 15 is 0 Å². The Balaban J connectivity index is 1.67. The predicted molar refractivity (Wildman–Crippen MR) is 85.0 cm³/mol. The molecule has 0 saturated heterocycles. The minimum atomic E-state index is -0.235. The topological polar surface area (TPSA) is 79.8 Å². The number of rotatable bonds is 4. The van der Waals surface area contributed by atoms with E-state index in [1.54, 1.807) is 24.5 Å². The molecule has 0 spiro atoms. The zero-order valence-electron chi connectivity index (χ0n) is 11.8. The average molecular weight is 311 g/mol. The third-order valence-electron chi connectivity index (χ3n) is 2.96. The van der Waals surface area contributed by atoms with Crippen LogP contribution in [0.1, 0.15) is 16.1 Å². The van der Waals surface area contributed by atoms with E-state index in [0.29, 0.717) is 10.6 Å². The van der Waals surface area contributed by atoms with E-state index in [9.17, 15) is 4.79 Å². The summed E-state index contributed by atoms with van der Waals surface area (Å²) in [6, 6.07) is 10.9. The molecule has 0 aliphatic heterocycles. The number of carbonyl (C=O) groups is 1. The summed E-state index contributed by atoms with van der Waals surface area (Å²) in [5.41, 5.74) is 5.60. The summed E-state index contributed by atoms with van der Waals surface area (Å²) in [6.45, 7) is 1.88. The molecule has 0 aliphatic carbocycles. The van der Waals surface area contributed by atoms with Crippen LogP contribution in [0, 0.1) is 6.92 Å². The van der Waals surface area contributed by atoms with Crippen molar-refractivity contribution in [2.24, 2.45) is 0 Å². The van der Waals surface area contributed by atoms with Crippen molar-refractivity contribution < 1.29 is 4.79 Å². The van der Waals surface area contributed by atoms with Gasteiger partial charge in [-0.25, -0.2) is 9.97 Å². The van der Waals surface area contributed by atoms with Crippen molar-refractivity contribution >= 4 is 28.9 Å². The number of fused-ring (bicyclic) bond motifs is 1. The molecular weight excluding hydrogens is 298 g/mol. The van der Waals surface area contributed by atoms with Gasteiger partial charge in [0.25, 0.3) is 5.91 Å². The average Bonchev–Trinajstić information content (AvgIpc) is 2.56. The summed E-state index contributed by atoms with van der Waals surface area (Å²) in [5, 5.41) is 0.716. The number of pyridine rings is 1. The normalized spacial score (nSPS) is 10.6. The van der Waals surface area contributed by atoms with Gasteiger partial charge in [0.15, 0.2) is 0 Å². The van der Waals surface area contributed by atoms with Crippen molar-refractivity contribution in [1.29, 1.82) is 0 Å². The third kappa shape index (κ3) is 3.21. The Morgan fingerprint density at radius 1 is 1.05 bits per heavy atom. The Labute approximate surface area is 131 Å². The van der Waals surface area contributed by atoms with Crippen LogP contribution in [0.2, 0.25) is 0 Å². The highest BCUT2D eigenvalue weighted by Gasteiger charge is 2.07. The van der Waals surface area contributed by atoms with Crippen LogP contribution >= 0.6 is 11.9 Å². The molecule has 3 aromatic rings. The van der Waals surface area contributed by atoms with E-state index in [2.05, 4.69) is 25.2 Å². The minimum absolute atomic E-state index is 0.235. The van der Waals surface area contributed by atoms with Crippen LogP contribution < -0.4 is 10.3 Å². The number of nitrogens with one attached hydrogen (secondary N) is 2. The fraction of sp³-hybridized carbons (Fsp3) is 0.0667. The molecular formula is C15H13N5OS. The van der Waals surface area contributed by atoms with Gasteiger partial charge in [-0.05, 0) is 43.1 Å². The first-order valence-electron chi connectivity index (χ1n) is 6.59. The van der Waals surface area contributed by atoms with Crippen LogP contribution in [0.4, 0.5) is 0 Å². The molecule has 3 rings (SSSR count). The molecule has 2 N–H and O–H groups in total. The Morgan fingerprint density at radius 3 is 2.45 bits per heavy atom. The molecule has 1 amide bonds. The maximum Gasteiger partial charge on any atom is 0.266 e. The number of nitrogens with zero attached hydrogens (tertiary/aromatic N) is 3. The second-order valence-corrected chi connectivity index (χ2v) is 5.29. The summed E-state index contributed by atoms with van der Waals surface area (Å²) < 4.78 is 0. The summed E-state index contributed by atoms with van der Waals surface area (Å²) in [5.74, 6) is -0.235. The van der Waals surface area contributed by atoms with Gasteiger partial charge in [0.2, 0.25) is 0 Å². The van der Waals surface area contributed by atoms with Crippen molar-refractivity contribution in [3.63, 3.8) is 0 Å². The molecule has 110 valence electrons. The highest BCUT2D eigenvalue weighted by molar-refractivity contribution is 7.97. The zero-order chi connectivity index (χ0) is 15.4. The van der Waals surface area contributed by atoms with Crippen molar-refractivity contribution in [1.82, 2.24) is 25.2 Å². The number of benzene rings is 1. The first kappa shape index (κ1) is 14.4. The lowest BCUT2D eigenvalue weighted by molar-refractivity contribution is 0.0947. The SMILES string of the molecule is Cc1nc2ccccc2nc1SNNC(=O)c1ccncc1. The van der Waals surface area contributed by atoms with E-state index < -0.39 is 0 Å². The third-order valence-corrected chi connectivity index (χ3v) is 3.74. The van der Waals surface area contributed by atoms with Gasteiger partial charge in [-0.2, -0.15) is 4.83 Å². The van der Waals surface area contributed by atoms with Gasteiger partial charge in [0, 0.05) is 18.0 Å². The largest absolute Gasteiger partial charge is 0.277 e.